The van der Waals surface area contributed by atoms with Crippen molar-refractivity contribution in [1.29, 1.82) is 0 Å². The standard InChI is InChI=1S/C6H14N2O2S/c1-5(10)8-4-11-3-6(7)2-9/h6,9H,2-4,7H2,1H3,(H,8,10). The van der Waals surface area contributed by atoms with Crippen LogP contribution >= 0.6 is 11.8 Å². The highest BCUT2D eigenvalue weighted by atomic mass is 32.2. The van der Waals surface area contributed by atoms with Gasteiger partial charge in [-0.05, 0) is 0 Å². The zero-order valence-electron chi connectivity index (χ0n) is 6.54. The molecule has 4 N–H and O–H groups in total. The van der Waals surface area contributed by atoms with Crippen molar-refractivity contribution in [3.05, 3.63) is 0 Å². The van der Waals surface area contributed by atoms with Gasteiger partial charge in [-0.1, -0.05) is 0 Å². The first-order valence-electron chi connectivity index (χ1n) is 3.35. The summed E-state index contributed by atoms with van der Waals surface area (Å²) in [4.78, 5) is 10.4. The maximum atomic E-state index is 10.4. The van der Waals surface area contributed by atoms with Gasteiger partial charge in [0.1, 0.15) is 0 Å². The molecular formula is C6H14N2O2S. The van der Waals surface area contributed by atoms with E-state index in [0.29, 0.717) is 11.6 Å². The number of nitrogens with two attached hydrogens (primary N) is 1. The van der Waals surface area contributed by atoms with E-state index in [1.54, 1.807) is 0 Å². The maximum absolute atomic E-state index is 10.4. The van der Waals surface area contributed by atoms with Crippen molar-refractivity contribution in [2.24, 2.45) is 5.73 Å². The molecule has 1 amide bonds. The van der Waals surface area contributed by atoms with Gasteiger partial charge in [-0.25, -0.2) is 0 Å². The number of rotatable bonds is 5. The number of thioether (sulfide) groups is 1. The number of nitrogens with one attached hydrogen (secondary N) is 1. The second-order valence-electron chi connectivity index (χ2n) is 2.19. The molecule has 0 radical (unpaired) electrons. The molecule has 0 fully saturated rings. The predicted molar refractivity (Wildman–Crippen MR) is 46.2 cm³/mol. The summed E-state index contributed by atoms with van der Waals surface area (Å²) in [6, 6.07) is -0.186. The molecule has 11 heavy (non-hydrogen) atoms. The van der Waals surface area contributed by atoms with Crippen LogP contribution < -0.4 is 11.1 Å². The Morgan fingerprint density at radius 3 is 2.91 bits per heavy atom. The number of carbonyl (C=O) groups is 1. The van der Waals surface area contributed by atoms with E-state index in [1.807, 2.05) is 0 Å². The summed E-state index contributed by atoms with van der Waals surface area (Å²) in [5.41, 5.74) is 5.41. The third-order valence-electron chi connectivity index (χ3n) is 0.990. The summed E-state index contributed by atoms with van der Waals surface area (Å²) < 4.78 is 0. The van der Waals surface area contributed by atoms with E-state index in [4.69, 9.17) is 10.8 Å². The minimum atomic E-state index is -0.186. The Labute approximate surface area is 70.5 Å². The van der Waals surface area contributed by atoms with Gasteiger partial charge >= 0.3 is 0 Å². The molecule has 0 heterocycles. The lowest BCUT2D eigenvalue weighted by Crippen LogP contribution is -2.28. The molecule has 0 aliphatic rings. The van der Waals surface area contributed by atoms with Gasteiger partial charge in [-0.15, -0.1) is 11.8 Å². The molecule has 1 unspecified atom stereocenters. The lowest BCUT2D eigenvalue weighted by atomic mass is 10.4. The smallest absolute Gasteiger partial charge is 0.217 e. The third-order valence-corrected chi connectivity index (χ3v) is 2.00. The van der Waals surface area contributed by atoms with E-state index in [9.17, 15) is 4.79 Å². The summed E-state index contributed by atoms with van der Waals surface area (Å²) >= 11 is 1.50. The average Bonchev–Trinajstić information content (AvgIpc) is 1.97. The van der Waals surface area contributed by atoms with Crippen molar-refractivity contribution < 1.29 is 9.90 Å². The Balaban J connectivity index is 3.08. The molecule has 66 valence electrons. The highest BCUT2D eigenvalue weighted by Gasteiger charge is 1.99. The molecule has 0 saturated heterocycles. The molecule has 0 aromatic rings. The molecule has 0 aromatic heterocycles. The van der Waals surface area contributed by atoms with Gasteiger partial charge in [-0.3, -0.25) is 4.79 Å². The fourth-order valence-electron chi connectivity index (χ4n) is 0.416. The van der Waals surface area contributed by atoms with Gasteiger partial charge in [0, 0.05) is 18.7 Å². The van der Waals surface area contributed by atoms with Crippen molar-refractivity contribution in [2.45, 2.75) is 13.0 Å². The third kappa shape index (κ3) is 7.64. The van der Waals surface area contributed by atoms with Crippen LogP contribution in [0.15, 0.2) is 0 Å². The molecule has 0 rings (SSSR count). The monoisotopic (exact) mass is 178 g/mol. The van der Waals surface area contributed by atoms with Crippen LogP contribution in [0.5, 0.6) is 0 Å². The fourth-order valence-corrected chi connectivity index (χ4v) is 1.25. The van der Waals surface area contributed by atoms with Crippen LogP contribution in [0, 0.1) is 0 Å². The van der Waals surface area contributed by atoms with Crippen LogP contribution in [0.3, 0.4) is 0 Å². The molecular weight excluding hydrogens is 164 g/mol. The first-order chi connectivity index (χ1) is 5.16. The minimum absolute atomic E-state index is 0.00687. The fraction of sp³-hybridized carbons (Fsp3) is 0.833. The highest BCUT2D eigenvalue weighted by molar-refractivity contribution is 7.99. The quantitative estimate of drug-likeness (QED) is 0.378. The number of aliphatic hydroxyl groups is 1. The molecule has 1 atom stereocenters. The van der Waals surface area contributed by atoms with Crippen LogP contribution in [-0.2, 0) is 4.79 Å². The summed E-state index contributed by atoms with van der Waals surface area (Å²) in [7, 11) is 0. The minimum Gasteiger partial charge on any atom is -0.395 e. The number of amides is 1. The number of aliphatic hydroxyl groups excluding tert-OH is 1. The van der Waals surface area contributed by atoms with Gasteiger partial charge in [0.15, 0.2) is 0 Å². The number of carbonyl (C=O) groups excluding carboxylic acids is 1. The second kappa shape index (κ2) is 6.45. The van der Waals surface area contributed by atoms with Crippen molar-refractivity contribution in [3.8, 4) is 0 Å². The molecule has 5 heteroatoms. The Morgan fingerprint density at radius 2 is 2.45 bits per heavy atom. The Bertz CT molecular complexity index is 121. The van der Waals surface area contributed by atoms with E-state index >= 15 is 0 Å². The summed E-state index contributed by atoms with van der Waals surface area (Å²) in [5.74, 6) is 1.18. The van der Waals surface area contributed by atoms with Gasteiger partial charge < -0.3 is 16.2 Å². The van der Waals surface area contributed by atoms with Crippen LogP contribution in [0.2, 0.25) is 0 Å². The lowest BCUT2D eigenvalue weighted by Gasteiger charge is -2.06. The normalized spacial score (nSPS) is 12.6. The Hall–Kier alpha value is -0.260. The molecule has 0 aliphatic carbocycles. The Morgan fingerprint density at radius 1 is 1.82 bits per heavy atom. The van der Waals surface area contributed by atoms with Crippen molar-refractivity contribution in [1.82, 2.24) is 5.32 Å². The zero-order chi connectivity index (χ0) is 8.69. The molecule has 0 saturated carbocycles. The van der Waals surface area contributed by atoms with Gasteiger partial charge in [0.05, 0.1) is 12.5 Å². The van der Waals surface area contributed by atoms with Crippen molar-refractivity contribution >= 4 is 17.7 Å². The van der Waals surface area contributed by atoms with Gasteiger partial charge in [0.25, 0.3) is 0 Å². The van der Waals surface area contributed by atoms with Crippen LogP contribution in [0.4, 0.5) is 0 Å². The van der Waals surface area contributed by atoms with E-state index < -0.39 is 0 Å². The lowest BCUT2D eigenvalue weighted by molar-refractivity contribution is -0.118. The molecule has 0 aromatic carbocycles. The second-order valence-corrected chi connectivity index (χ2v) is 3.22. The van der Waals surface area contributed by atoms with Gasteiger partial charge in [-0.2, -0.15) is 0 Å². The van der Waals surface area contributed by atoms with Crippen molar-refractivity contribution in [3.63, 3.8) is 0 Å². The predicted octanol–water partition coefficient (Wildman–Crippen LogP) is -0.867. The Kier molecular flexibility index (Phi) is 6.30. The van der Waals surface area contributed by atoms with Crippen molar-refractivity contribution in [2.75, 3.05) is 18.2 Å². The maximum Gasteiger partial charge on any atom is 0.217 e. The van der Waals surface area contributed by atoms with Gasteiger partial charge in [0.2, 0.25) is 5.91 Å². The van der Waals surface area contributed by atoms with Crippen LogP contribution in [0.1, 0.15) is 6.92 Å². The summed E-state index contributed by atoms with van der Waals surface area (Å²) in [6.45, 7) is 1.46. The molecule has 0 spiro atoms. The SMILES string of the molecule is CC(=O)NCSCC(N)CO. The number of hydrogen-bond acceptors (Lipinski definition) is 4. The van der Waals surface area contributed by atoms with E-state index in [-0.39, 0.29) is 18.6 Å². The molecule has 0 bridgehead atoms. The largest absolute Gasteiger partial charge is 0.395 e. The molecule has 4 nitrogen and oxygen atoms in total. The van der Waals surface area contributed by atoms with E-state index in [0.717, 1.165) is 0 Å². The van der Waals surface area contributed by atoms with Crippen LogP contribution in [0.25, 0.3) is 0 Å². The zero-order valence-corrected chi connectivity index (χ0v) is 7.36. The first-order valence-corrected chi connectivity index (χ1v) is 4.51. The number of hydrogen-bond donors (Lipinski definition) is 3. The highest BCUT2D eigenvalue weighted by Crippen LogP contribution is 1.97. The van der Waals surface area contributed by atoms with E-state index in [2.05, 4.69) is 5.32 Å². The summed E-state index contributed by atoms with van der Waals surface area (Å²) in [6.07, 6.45) is 0. The van der Waals surface area contributed by atoms with Crippen LogP contribution in [-0.4, -0.2) is 35.3 Å². The average molecular weight is 178 g/mol. The summed E-state index contributed by atoms with van der Waals surface area (Å²) in [5, 5.41) is 11.1. The molecule has 0 aliphatic heterocycles. The van der Waals surface area contributed by atoms with E-state index in [1.165, 1.54) is 18.7 Å². The first kappa shape index (κ1) is 10.7. The topological polar surface area (TPSA) is 75.4 Å².